The van der Waals surface area contributed by atoms with Crippen molar-refractivity contribution in [2.24, 2.45) is 0 Å². The second kappa shape index (κ2) is 8.11. The van der Waals surface area contributed by atoms with Crippen LogP contribution in [0.15, 0.2) is 48.5 Å². The van der Waals surface area contributed by atoms with E-state index in [1.807, 2.05) is 36.0 Å². The SMILES string of the molecule is Cl.Nc1cccc(CN2CCSCC2c2ccc(Cl)cc2)c1. The minimum absolute atomic E-state index is 0. The molecule has 1 saturated heterocycles. The van der Waals surface area contributed by atoms with E-state index in [1.165, 1.54) is 16.9 Å². The lowest BCUT2D eigenvalue weighted by Crippen LogP contribution is -2.35. The van der Waals surface area contributed by atoms with Gasteiger partial charge in [-0.2, -0.15) is 11.8 Å². The van der Waals surface area contributed by atoms with Gasteiger partial charge in [0.25, 0.3) is 0 Å². The summed E-state index contributed by atoms with van der Waals surface area (Å²) >= 11 is 8.02. The maximum absolute atomic E-state index is 6.00. The molecule has 1 atom stereocenters. The number of anilines is 1. The number of halogens is 2. The zero-order valence-corrected chi connectivity index (χ0v) is 14.6. The molecule has 2 N–H and O–H groups in total. The molecule has 0 aromatic heterocycles. The molecule has 3 rings (SSSR count). The molecular weight excluding hydrogens is 335 g/mol. The first-order chi connectivity index (χ1) is 10.2. The summed E-state index contributed by atoms with van der Waals surface area (Å²) in [4.78, 5) is 2.54. The fourth-order valence-corrected chi connectivity index (χ4v) is 4.03. The van der Waals surface area contributed by atoms with Gasteiger partial charge in [0, 0.05) is 41.3 Å². The number of nitrogens with zero attached hydrogens (tertiary/aromatic N) is 1. The second-order valence-corrected chi connectivity index (χ2v) is 6.94. The summed E-state index contributed by atoms with van der Waals surface area (Å²) in [5.41, 5.74) is 9.35. The Hall–Kier alpha value is -0.870. The van der Waals surface area contributed by atoms with Crippen LogP contribution in [0.2, 0.25) is 5.02 Å². The van der Waals surface area contributed by atoms with Gasteiger partial charge in [0.05, 0.1) is 0 Å². The molecule has 1 aliphatic heterocycles. The molecule has 2 nitrogen and oxygen atoms in total. The molecule has 0 spiro atoms. The maximum Gasteiger partial charge on any atom is 0.0442 e. The van der Waals surface area contributed by atoms with Crippen LogP contribution in [0.25, 0.3) is 0 Å². The van der Waals surface area contributed by atoms with Crippen LogP contribution in [0, 0.1) is 0 Å². The molecule has 118 valence electrons. The van der Waals surface area contributed by atoms with Crippen molar-refractivity contribution in [2.75, 3.05) is 23.8 Å². The smallest absolute Gasteiger partial charge is 0.0442 e. The fraction of sp³-hybridized carbons (Fsp3) is 0.294. The summed E-state index contributed by atoms with van der Waals surface area (Å²) in [6.45, 7) is 2.05. The number of rotatable bonds is 3. The van der Waals surface area contributed by atoms with Gasteiger partial charge in [-0.05, 0) is 35.4 Å². The molecule has 0 amide bonds. The molecule has 1 heterocycles. The minimum atomic E-state index is 0. The van der Waals surface area contributed by atoms with Crippen molar-refractivity contribution >= 4 is 41.5 Å². The summed E-state index contributed by atoms with van der Waals surface area (Å²) < 4.78 is 0. The van der Waals surface area contributed by atoms with Crippen molar-refractivity contribution in [1.82, 2.24) is 4.90 Å². The Morgan fingerprint density at radius 1 is 1.18 bits per heavy atom. The van der Waals surface area contributed by atoms with Crippen molar-refractivity contribution < 1.29 is 0 Å². The summed E-state index contributed by atoms with van der Waals surface area (Å²) in [5.74, 6) is 2.32. The zero-order valence-electron chi connectivity index (χ0n) is 12.2. The molecule has 2 aromatic carbocycles. The third kappa shape index (κ3) is 4.32. The molecule has 5 heteroatoms. The van der Waals surface area contributed by atoms with Crippen LogP contribution in [0.3, 0.4) is 0 Å². The molecule has 0 bridgehead atoms. The Morgan fingerprint density at radius 3 is 2.68 bits per heavy atom. The van der Waals surface area contributed by atoms with Crippen LogP contribution in [-0.4, -0.2) is 23.0 Å². The predicted octanol–water partition coefficient (Wildman–Crippen LogP) is 4.63. The highest BCUT2D eigenvalue weighted by molar-refractivity contribution is 7.99. The normalized spacial score (nSPS) is 18.7. The first-order valence-corrected chi connectivity index (χ1v) is 8.67. The number of benzene rings is 2. The molecule has 0 aliphatic carbocycles. The lowest BCUT2D eigenvalue weighted by atomic mass is 10.1. The van der Waals surface area contributed by atoms with E-state index in [0.29, 0.717) is 6.04 Å². The van der Waals surface area contributed by atoms with Crippen LogP contribution in [0.4, 0.5) is 5.69 Å². The van der Waals surface area contributed by atoms with E-state index in [1.54, 1.807) is 0 Å². The van der Waals surface area contributed by atoms with Crippen LogP contribution >= 0.6 is 35.8 Å². The molecule has 0 radical (unpaired) electrons. The van der Waals surface area contributed by atoms with E-state index in [4.69, 9.17) is 17.3 Å². The predicted molar refractivity (Wildman–Crippen MR) is 100 cm³/mol. The third-order valence-electron chi connectivity index (χ3n) is 3.83. The zero-order chi connectivity index (χ0) is 14.7. The Bertz CT molecular complexity index is 604. The van der Waals surface area contributed by atoms with E-state index in [9.17, 15) is 0 Å². The number of nitrogens with two attached hydrogens (primary N) is 1. The summed E-state index contributed by atoms with van der Waals surface area (Å²) in [7, 11) is 0. The standard InChI is InChI=1S/C17H19ClN2S.ClH/c18-15-6-4-14(5-7-15)17-12-21-9-8-20(17)11-13-2-1-3-16(19)10-13;/h1-7,10,17H,8-9,11-12,19H2;1H. The van der Waals surface area contributed by atoms with Crippen molar-refractivity contribution in [3.8, 4) is 0 Å². The van der Waals surface area contributed by atoms with Gasteiger partial charge in [-0.3, -0.25) is 4.90 Å². The lowest BCUT2D eigenvalue weighted by molar-refractivity contribution is 0.212. The van der Waals surface area contributed by atoms with Crippen molar-refractivity contribution in [3.05, 3.63) is 64.7 Å². The first-order valence-electron chi connectivity index (χ1n) is 7.14. The quantitative estimate of drug-likeness (QED) is 0.814. The highest BCUT2D eigenvalue weighted by Crippen LogP contribution is 2.31. The molecule has 2 aromatic rings. The van der Waals surface area contributed by atoms with Gasteiger partial charge in [0.15, 0.2) is 0 Å². The molecule has 22 heavy (non-hydrogen) atoms. The third-order valence-corrected chi connectivity index (χ3v) is 5.11. The number of hydrogen-bond donors (Lipinski definition) is 1. The molecule has 0 saturated carbocycles. The Morgan fingerprint density at radius 2 is 1.95 bits per heavy atom. The average molecular weight is 355 g/mol. The largest absolute Gasteiger partial charge is 0.399 e. The van der Waals surface area contributed by atoms with Crippen LogP contribution in [0.5, 0.6) is 0 Å². The van der Waals surface area contributed by atoms with Crippen molar-refractivity contribution in [1.29, 1.82) is 0 Å². The van der Waals surface area contributed by atoms with Gasteiger partial charge in [0.2, 0.25) is 0 Å². The lowest BCUT2D eigenvalue weighted by Gasteiger charge is -2.35. The van der Waals surface area contributed by atoms with E-state index >= 15 is 0 Å². The van der Waals surface area contributed by atoms with Crippen molar-refractivity contribution in [3.63, 3.8) is 0 Å². The number of thioether (sulfide) groups is 1. The van der Waals surface area contributed by atoms with Gasteiger partial charge in [-0.25, -0.2) is 0 Å². The Kier molecular flexibility index (Phi) is 6.45. The van der Waals surface area contributed by atoms with Crippen LogP contribution in [-0.2, 0) is 6.54 Å². The first kappa shape index (κ1) is 17.5. The van der Waals surface area contributed by atoms with E-state index in [2.05, 4.69) is 29.2 Å². The van der Waals surface area contributed by atoms with Crippen molar-refractivity contribution in [2.45, 2.75) is 12.6 Å². The van der Waals surface area contributed by atoms with E-state index in [-0.39, 0.29) is 12.4 Å². The monoisotopic (exact) mass is 354 g/mol. The number of hydrogen-bond acceptors (Lipinski definition) is 3. The van der Waals surface area contributed by atoms with Crippen LogP contribution < -0.4 is 5.73 Å². The molecular formula is C17H20Cl2N2S. The van der Waals surface area contributed by atoms with Gasteiger partial charge < -0.3 is 5.73 Å². The Balaban J connectivity index is 0.00000176. The van der Waals surface area contributed by atoms with Gasteiger partial charge in [-0.15, -0.1) is 12.4 Å². The second-order valence-electron chi connectivity index (χ2n) is 5.36. The molecule has 1 aliphatic rings. The number of nitrogen functional groups attached to an aromatic ring is 1. The highest BCUT2D eigenvalue weighted by Gasteiger charge is 2.24. The minimum Gasteiger partial charge on any atom is -0.399 e. The van der Waals surface area contributed by atoms with Crippen LogP contribution in [0.1, 0.15) is 17.2 Å². The van der Waals surface area contributed by atoms with Gasteiger partial charge >= 0.3 is 0 Å². The summed E-state index contributed by atoms with van der Waals surface area (Å²) in [6, 6.07) is 16.9. The average Bonchev–Trinajstić information content (AvgIpc) is 2.49. The Labute approximate surface area is 147 Å². The molecule has 1 fully saturated rings. The van der Waals surface area contributed by atoms with E-state index < -0.39 is 0 Å². The van der Waals surface area contributed by atoms with E-state index in [0.717, 1.165) is 29.6 Å². The maximum atomic E-state index is 6.00. The topological polar surface area (TPSA) is 29.3 Å². The summed E-state index contributed by atoms with van der Waals surface area (Å²) in [5, 5.41) is 0.796. The van der Waals surface area contributed by atoms with Gasteiger partial charge in [0.1, 0.15) is 0 Å². The van der Waals surface area contributed by atoms with Gasteiger partial charge in [-0.1, -0.05) is 35.9 Å². The molecule has 1 unspecified atom stereocenters. The summed E-state index contributed by atoms with van der Waals surface area (Å²) in [6.07, 6.45) is 0. The fourth-order valence-electron chi connectivity index (χ4n) is 2.75. The highest BCUT2D eigenvalue weighted by atomic mass is 35.5.